The van der Waals surface area contributed by atoms with Gasteiger partial charge in [-0.05, 0) is 29.8 Å². The van der Waals surface area contributed by atoms with Gasteiger partial charge in [0.2, 0.25) is 6.10 Å². The Balaban J connectivity index is 1.87. The van der Waals surface area contributed by atoms with Crippen molar-refractivity contribution in [1.29, 1.82) is 0 Å². The molecule has 2 aromatic rings. The molecule has 23 heavy (non-hydrogen) atoms. The molecule has 1 aliphatic rings. The number of carboxylic acids is 1. The lowest BCUT2D eigenvalue weighted by molar-refractivity contribution is -0.146. The first-order valence-electron chi connectivity index (χ1n) is 7.00. The highest BCUT2D eigenvalue weighted by Crippen LogP contribution is 2.25. The SMILES string of the molecule is O=C1NC(c2cccc(C#Cc3ccccc3)c2)C(C(=O)O)O1. The summed E-state index contributed by atoms with van der Waals surface area (Å²) in [5, 5.41) is 11.7. The van der Waals surface area contributed by atoms with Crippen LogP contribution in [0.5, 0.6) is 0 Å². The number of nitrogens with one attached hydrogen (secondary N) is 1. The number of aliphatic carboxylic acids is 1. The van der Waals surface area contributed by atoms with Gasteiger partial charge in [0.25, 0.3) is 0 Å². The number of hydrogen-bond donors (Lipinski definition) is 2. The van der Waals surface area contributed by atoms with E-state index >= 15 is 0 Å². The number of carboxylic acid groups (broad SMARTS) is 1. The third-order valence-electron chi connectivity index (χ3n) is 3.42. The van der Waals surface area contributed by atoms with Crippen LogP contribution in [0, 0.1) is 11.8 Å². The van der Waals surface area contributed by atoms with Gasteiger partial charge in [0, 0.05) is 11.1 Å². The van der Waals surface area contributed by atoms with Crippen molar-refractivity contribution in [1.82, 2.24) is 5.32 Å². The summed E-state index contributed by atoms with van der Waals surface area (Å²) >= 11 is 0. The molecule has 0 bridgehead atoms. The van der Waals surface area contributed by atoms with Crippen LogP contribution in [0.15, 0.2) is 54.6 Å². The number of rotatable bonds is 2. The van der Waals surface area contributed by atoms with Crippen LogP contribution in [0.3, 0.4) is 0 Å². The first-order valence-corrected chi connectivity index (χ1v) is 7.00. The summed E-state index contributed by atoms with van der Waals surface area (Å²) in [7, 11) is 0. The summed E-state index contributed by atoms with van der Waals surface area (Å²) in [6.45, 7) is 0. The van der Waals surface area contributed by atoms with Crippen LogP contribution in [0.1, 0.15) is 22.7 Å². The highest BCUT2D eigenvalue weighted by Gasteiger charge is 2.40. The molecule has 1 amide bonds. The maximum absolute atomic E-state index is 11.3. The molecule has 5 nitrogen and oxygen atoms in total. The van der Waals surface area contributed by atoms with E-state index in [1.54, 1.807) is 18.2 Å². The van der Waals surface area contributed by atoms with Crippen LogP contribution >= 0.6 is 0 Å². The van der Waals surface area contributed by atoms with Crippen LogP contribution < -0.4 is 5.32 Å². The van der Waals surface area contributed by atoms with Crippen molar-refractivity contribution < 1.29 is 19.4 Å². The Labute approximate surface area is 132 Å². The molecule has 2 aromatic carbocycles. The van der Waals surface area contributed by atoms with Crippen LogP contribution in [0.2, 0.25) is 0 Å². The largest absolute Gasteiger partial charge is 0.478 e. The Bertz CT molecular complexity index is 805. The molecule has 2 N–H and O–H groups in total. The standard InChI is InChI=1S/C18H13NO4/c20-17(21)16-15(19-18(22)23-16)14-8-4-7-13(11-14)10-9-12-5-2-1-3-6-12/h1-8,11,15-16H,(H,19,22)(H,20,21). The molecule has 2 atom stereocenters. The number of ether oxygens (including phenoxy) is 1. The second kappa shape index (κ2) is 6.24. The van der Waals surface area contributed by atoms with E-state index in [1.165, 1.54) is 0 Å². The summed E-state index contributed by atoms with van der Waals surface area (Å²) in [5.41, 5.74) is 2.26. The third kappa shape index (κ3) is 3.33. The number of carbonyl (C=O) groups is 2. The van der Waals surface area contributed by atoms with E-state index in [4.69, 9.17) is 9.84 Å². The third-order valence-corrected chi connectivity index (χ3v) is 3.42. The molecule has 1 fully saturated rings. The molecule has 1 aliphatic heterocycles. The van der Waals surface area contributed by atoms with E-state index in [0.29, 0.717) is 5.56 Å². The van der Waals surface area contributed by atoms with E-state index in [9.17, 15) is 9.59 Å². The van der Waals surface area contributed by atoms with Gasteiger partial charge in [0.05, 0.1) is 0 Å². The molecular weight excluding hydrogens is 294 g/mol. The molecule has 3 rings (SSSR count). The smallest absolute Gasteiger partial charge is 0.408 e. The second-order valence-corrected chi connectivity index (χ2v) is 5.03. The van der Waals surface area contributed by atoms with Gasteiger partial charge in [-0.3, -0.25) is 0 Å². The van der Waals surface area contributed by atoms with Crippen molar-refractivity contribution in [3.05, 3.63) is 71.3 Å². The van der Waals surface area contributed by atoms with E-state index in [0.717, 1.165) is 11.1 Å². The van der Waals surface area contributed by atoms with E-state index in [2.05, 4.69) is 17.2 Å². The van der Waals surface area contributed by atoms with E-state index in [1.807, 2.05) is 36.4 Å². The van der Waals surface area contributed by atoms with Gasteiger partial charge in [0.15, 0.2) is 0 Å². The average molecular weight is 307 g/mol. The molecule has 0 radical (unpaired) electrons. The molecule has 0 aliphatic carbocycles. The molecule has 2 unspecified atom stereocenters. The molecular formula is C18H13NO4. The van der Waals surface area contributed by atoms with Gasteiger partial charge >= 0.3 is 12.1 Å². The molecule has 1 heterocycles. The molecule has 0 aromatic heterocycles. The summed E-state index contributed by atoms with van der Waals surface area (Å²) in [5.74, 6) is 4.88. The van der Waals surface area contributed by atoms with Gasteiger partial charge in [-0.15, -0.1) is 0 Å². The van der Waals surface area contributed by atoms with Crippen molar-refractivity contribution in [2.75, 3.05) is 0 Å². The lowest BCUT2D eigenvalue weighted by Crippen LogP contribution is -2.28. The maximum atomic E-state index is 11.3. The minimum atomic E-state index is -1.24. The first kappa shape index (κ1) is 14.7. The fourth-order valence-electron chi connectivity index (χ4n) is 2.35. The van der Waals surface area contributed by atoms with Crippen molar-refractivity contribution >= 4 is 12.1 Å². The van der Waals surface area contributed by atoms with Gasteiger partial charge < -0.3 is 15.2 Å². The fraction of sp³-hybridized carbons (Fsp3) is 0.111. The number of benzene rings is 2. The minimum absolute atomic E-state index is 0.642. The summed E-state index contributed by atoms with van der Waals surface area (Å²) < 4.78 is 4.77. The van der Waals surface area contributed by atoms with Gasteiger partial charge in [0.1, 0.15) is 6.04 Å². The van der Waals surface area contributed by atoms with Crippen LogP contribution in [-0.4, -0.2) is 23.3 Å². The van der Waals surface area contributed by atoms with E-state index in [-0.39, 0.29) is 0 Å². The Kier molecular flexibility index (Phi) is 3.98. The van der Waals surface area contributed by atoms with Crippen LogP contribution in [-0.2, 0) is 9.53 Å². The number of amides is 1. The normalized spacial score (nSPS) is 19.2. The van der Waals surface area contributed by atoms with Crippen LogP contribution in [0.25, 0.3) is 0 Å². The molecule has 1 saturated heterocycles. The average Bonchev–Trinajstić information content (AvgIpc) is 2.96. The highest BCUT2D eigenvalue weighted by molar-refractivity contribution is 5.82. The summed E-state index contributed by atoms with van der Waals surface area (Å²) in [6, 6.07) is 15.9. The topological polar surface area (TPSA) is 75.6 Å². The summed E-state index contributed by atoms with van der Waals surface area (Å²) in [6.07, 6.45) is -1.97. The van der Waals surface area contributed by atoms with Gasteiger partial charge in [-0.2, -0.15) is 0 Å². The monoisotopic (exact) mass is 307 g/mol. The molecule has 0 spiro atoms. The Morgan fingerprint density at radius 2 is 1.74 bits per heavy atom. The van der Waals surface area contributed by atoms with Gasteiger partial charge in [-0.25, -0.2) is 9.59 Å². The zero-order valence-corrected chi connectivity index (χ0v) is 12.0. The lowest BCUT2D eigenvalue weighted by atomic mass is 10.00. The number of hydrogen-bond acceptors (Lipinski definition) is 3. The van der Waals surface area contributed by atoms with Gasteiger partial charge in [-0.1, -0.05) is 42.2 Å². The predicted molar refractivity (Wildman–Crippen MR) is 82.6 cm³/mol. The van der Waals surface area contributed by atoms with Crippen LogP contribution in [0.4, 0.5) is 4.79 Å². The maximum Gasteiger partial charge on any atom is 0.408 e. The number of alkyl carbamates (subject to hydrolysis) is 1. The first-order chi connectivity index (χ1) is 11.1. The van der Waals surface area contributed by atoms with Crippen molar-refractivity contribution in [2.24, 2.45) is 0 Å². The summed E-state index contributed by atoms with van der Waals surface area (Å²) in [4.78, 5) is 22.5. The number of cyclic esters (lactones) is 1. The van der Waals surface area contributed by atoms with E-state index < -0.39 is 24.2 Å². The molecule has 5 heteroatoms. The van der Waals surface area contributed by atoms with Crippen molar-refractivity contribution in [3.63, 3.8) is 0 Å². The number of carbonyl (C=O) groups excluding carboxylic acids is 1. The minimum Gasteiger partial charge on any atom is -0.478 e. The highest BCUT2D eigenvalue weighted by atomic mass is 16.6. The Morgan fingerprint density at radius 3 is 2.48 bits per heavy atom. The Morgan fingerprint density at radius 1 is 1.04 bits per heavy atom. The van der Waals surface area contributed by atoms with Crippen molar-refractivity contribution in [2.45, 2.75) is 12.1 Å². The molecule has 114 valence electrons. The zero-order chi connectivity index (χ0) is 16.2. The van der Waals surface area contributed by atoms with Crippen molar-refractivity contribution in [3.8, 4) is 11.8 Å². The Hall–Kier alpha value is -3.26. The fourth-order valence-corrected chi connectivity index (χ4v) is 2.35. The molecule has 0 saturated carbocycles. The predicted octanol–water partition coefficient (Wildman–Crippen LogP) is 2.32. The second-order valence-electron chi connectivity index (χ2n) is 5.03. The zero-order valence-electron chi connectivity index (χ0n) is 12.0. The lowest BCUT2D eigenvalue weighted by Gasteiger charge is -2.13. The quantitative estimate of drug-likeness (QED) is 0.835.